The summed E-state index contributed by atoms with van der Waals surface area (Å²) in [6.07, 6.45) is 2.12. The van der Waals surface area contributed by atoms with Gasteiger partial charge in [-0.25, -0.2) is 4.79 Å². The van der Waals surface area contributed by atoms with Crippen LogP contribution in [0.1, 0.15) is 23.2 Å². The zero-order valence-electron chi connectivity index (χ0n) is 13.3. The summed E-state index contributed by atoms with van der Waals surface area (Å²) in [6, 6.07) is 5.86. The predicted octanol–water partition coefficient (Wildman–Crippen LogP) is 1.17. The summed E-state index contributed by atoms with van der Waals surface area (Å²) in [5, 5.41) is 9.25. The first-order valence-corrected chi connectivity index (χ1v) is 8.11. The molecule has 0 aliphatic carbocycles. The second-order valence-electron chi connectivity index (χ2n) is 5.90. The third kappa shape index (κ3) is 3.85. The Morgan fingerprint density at radius 2 is 2.21 bits per heavy atom. The average Bonchev–Trinajstić information content (AvgIpc) is 3.13. The summed E-state index contributed by atoms with van der Waals surface area (Å²) in [6.45, 7) is 1.82. The molecule has 24 heavy (non-hydrogen) atoms. The van der Waals surface area contributed by atoms with Crippen molar-refractivity contribution < 1.29 is 28.9 Å². The summed E-state index contributed by atoms with van der Waals surface area (Å²) >= 11 is 0. The Labute approximate surface area is 140 Å². The van der Waals surface area contributed by atoms with Crippen LogP contribution >= 0.6 is 0 Å². The number of amides is 1. The van der Waals surface area contributed by atoms with Crippen LogP contribution in [-0.2, 0) is 14.3 Å². The monoisotopic (exact) mass is 335 g/mol. The normalized spacial score (nSPS) is 23.9. The molecule has 3 rings (SSSR count). The molecule has 1 N–H and O–H groups in total. The van der Waals surface area contributed by atoms with Gasteiger partial charge in [0.15, 0.2) is 6.04 Å². The Kier molecular flexibility index (Phi) is 5.32. The van der Waals surface area contributed by atoms with Crippen molar-refractivity contribution in [1.29, 1.82) is 0 Å². The van der Waals surface area contributed by atoms with Gasteiger partial charge in [0.25, 0.3) is 5.91 Å². The van der Waals surface area contributed by atoms with E-state index in [1.165, 1.54) is 4.90 Å². The number of carbonyl (C=O) groups excluding carboxylic acids is 1. The zero-order valence-corrected chi connectivity index (χ0v) is 13.3. The van der Waals surface area contributed by atoms with E-state index in [-0.39, 0.29) is 25.2 Å². The topological polar surface area (TPSA) is 85.3 Å². The number of hydrogen-bond acceptors (Lipinski definition) is 5. The first-order valence-electron chi connectivity index (χ1n) is 8.11. The van der Waals surface area contributed by atoms with E-state index in [1.807, 2.05) is 0 Å². The smallest absolute Gasteiger partial charge is 0.328 e. The van der Waals surface area contributed by atoms with E-state index in [9.17, 15) is 14.7 Å². The molecular weight excluding hydrogens is 314 g/mol. The molecule has 7 heteroatoms. The number of rotatable bonds is 5. The lowest BCUT2D eigenvalue weighted by molar-refractivity contribution is -0.147. The minimum Gasteiger partial charge on any atom is -0.491 e. The summed E-state index contributed by atoms with van der Waals surface area (Å²) < 4.78 is 16.4. The van der Waals surface area contributed by atoms with Gasteiger partial charge in [0.1, 0.15) is 12.4 Å². The number of nitrogens with zero attached hydrogens (tertiary/aromatic N) is 1. The highest BCUT2D eigenvalue weighted by atomic mass is 16.5. The van der Waals surface area contributed by atoms with E-state index in [2.05, 4.69) is 0 Å². The molecule has 0 saturated carbocycles. The second-order valence-corrected chi connectivity index (χ2v) is 5.90. The van der Waals surface area contributed by atoms with Gasteiger partial charge in [-0.1, -0.05) is 6.07 Å². The van der Waals surface area contributed by atoms with Crippen molar-refractivity contribution in [2.75, 3.05) is 33.0 Å². The molecule has 2 saturated heterocycles. The molecule has 0 spiro atoms. The Balaban J connectivity index is 1.67. The van der Waals surface area contributed by atoms with Gasteiger partial charge >= 0.3 is 5.97 Å². The molecule has 7 nitrogen and oxygen atoms in total. The molecule has 2 fully saturated rings. The summed E-state index contributed by atoms with van der Waals surface area (Å²) in [5.41, 5.74) is 0.410. The van der Waals surface area contributed by atoms with Crippen molar-refractivity contribution in [1.82, 2.24) is 4.90 Å². The number of aliphatic carboxylic acids is 1. The van der Waals surface area contributed by atoms with Gasteiger partial charge in [0, 0.05) is 18.7 Å². The van der Waals surface area contributed by atoms with Crippen molar-refractivity contribution in [3.05, 3.63) is 29.8 Å². The molecule has 1 aromatic rings. The number of hydrogen-bond donors (Lipinski definition) is 1. The van der Waals surface area contributed by atoms with Crippen LogP contribution in [0.15, 0.2) is 24.3 Å². The number of morpholine rings is 1. The molecular formula is C17H21NO6. The number of ether oxygens (including phenoxy) is 3. The van der Waals surface area contributed by atoms with E-state index in [4.69, 9.17) is 14.2 Å². The molecule has 1 aromatic carbocycles. The van der Waals surface area contributed by atoms with Crippen LogP contribution in [0, 0.1) is 0 Å². The minimum absolute atomic E-state index is 0.0102. The van der Waals surface area contributed by atoms with E-state index < -0.39 is 12.0 Å². The maximum atomic E-state index is 12.7. The van der Waals surface area contributed by atoms with Gasteiger partial charge in [-0.15, -0.1) is 0 Å². The van der Waals surface area contributed by atoms with Crippen molar-refractivity contribution >= 4 is 11.9 Å². The van der Waals surface area contributed by atoms with Gasteiger partial charge in [-0.2, -0.15) is 0 Å². The van der Waals surface area contributed by atoms with Gasteiger partial charge in [0.05, 0.1) is 19.3 Å². The van der Waals surface area contributed by atoms with Crippen molar-refractivity contribution in [3.63, 3.8) is 0 Å². The SMILES string of the molecule is O=C(O)[C@@H]1COCCN1C(=O)c1cccc(OC[C@@H]2CCCO2)c1. The van der Waals surface area contributed by atoms with E-state index in [1.54, 1.807) is 24.3 Å². The average molecular weight is 335 g/mol. The fourth-order valence-electron chi connectivity index (χ4n) is 2.90. The predicted molar refractivity (Wildman–Crippen MR) is 84.2 cm³/mol. The Hall–Kier alpha value is -2.12. The highest BCUT2D eigenvalue weighted by Crippen LogP contribution is 2.19. The van der Waals surface area contributed by atoms with E-state index >= 15 is 0 Å². The van der Waals surface area contributed by atoms with E-state index in [0.29, 0.717) is 24.5 Å². The van der Waals surface area contributed by atoms with Crippen LogP contribution in [-0.4, -0.2) is 67.0 Å². The quantitative estimate of drug-likeness (QED) is 0.869. The number of carboxylic acids is 1. The largest absolute Gasteiger partial charge is 0.491 e. The third-order valence-corrected chi connectivity index (χ3v) is 4.22. The van der Waals surface area contributed by atoms with Crippen molar-refractivity contribution in [2.24, 2.45) is 0 Å². The highest BCUT2D eigenvalue weighted by molar-refractivity contribution is 5.97. The van der Waals surface area contributed by atoms with Crippen LogP contribution < -0.4 is 4.74 Å². The second kappa shape index (κ2) is 7.63. The minimum atomic E-state index is -1.06. The number of benzene rings is 1. The molecule has 130 valence electrons. The molecule has 0 aromatic heterocycles. The number of carboxylic acid groups (broad SMARTS) is 1. The van der Waals surface area contributed by atoms with Gasteiger partial charge < -0.3 is 24.2 Å². The lowest BCUT2D eigenvalue weighted by atomic mass is 10.1. The molecule has 0 radical (unpaired) electrons. The molecule has 2 aliphatic heterocycles. The van der Waals surface area contributed by atoms with Crippen LogP contribution in [0.5, 0.6) is 5.75 Å². The first-order chi connectivity index (χ1) is 11.6. The Bertz CT molecular complexity index is 598. The van der Waals surface area contributed by atoms with Gasteiger partial charge in [-0.05, 0) is 31.0 Å². The lowest BCUT2D eigenvalue weighted by Crippen LogP contribution is -2.52. The summed E-state index contributed by atoms with van der Waals surface area (Å²) in [4.78, 5) is 25.3. The first kappa shape index (κ1) is 16.7. The van der Waals surface area contributed by atoms with Crippen molar-refractivity contribution in [3.8, 4) is 5.75 Å². The molecule has 0 unspecified atom stereocenters. The van der Waals surface area contributed by atoms with Crippen molar-refractivity contribution in [2.45, 2.75) is 25.0 Å². The zero-order chi connectivity index (χ0) is 16.9. The van der Waals surface area contributed by atoms with Crippen LogP contribution in [0.25, 0.3) is 0 Å². The molecule has 0 bridgehead atoms. The maximum absolute atomic E-state index is 12.7. The van der Waals surface area contributed by atoms with Crippen LogP contribution in [0.4, 0.5) is 0 Å². The van der Waals surface area contributed by atoms with Crippen LogP contribution in [0.2, 0.25) is 0 Å². The molecule has 1 amide bonds. The molecule has 2 atom stereocenters. The lowest BCUT2D eigenvalue weighted by Gasteiger charge is -2.32. The van der Waals surface area contributed by atoms with Gasteiger partial charge in [0.2, 0.25) is 0 Å². The molecule has 2 aliphatic rings. The third-order valence-electron chi connectivity index (χ3n) is 4.22. The van der Waals surface area contributed by atoms with E-state index in [0.717, 1.165) is 19.4 Å². The Morgan fingerprint density at radius 3 is 2.96 bits per heavy atom. The van der Waals surface area contributed by atoms with Gasteiger partial charge in [-0.3, -0.25) is 4.79 Å². The Morgan fingerprint density at radius 1 is 1.33 bits per heavy atom. The number of carbonyl (C=O) groups is 2. The highest BCUT2D eigenvalue weighted by Gasteiger charge is 2.33. The summed E-state index contributed by atoms with van der Waals surface area (Å²) in [5.74, 6) is -0.807. The standard InChI is InChI=1S/C17H21NO6/c19-16(18-6-8-22-11-15(18)17(20)21)12-3-1-4-13(9-12)24-10-14-5-2-7-23-14/h1,3-4,9,14-15H,2,5-8,10-11H2,(H,20,21)/t14-,15-/m0/s1. The summed E-state index contributed by atoms with van der Waals surface area (Å²) in [7, 11) is 0. The maximum Gasteiger partial charge on any atom is 0.328 e. The molecule has 2 heterocycles. The fraction of sp³-hybridized carbons (Fsp3) is 0.529. The van der Waals surface area contributed by atoms with Crippen LogP contribution in [0.3, 0.4) is 0 Å². The fourth-order valence-corrected chi connectivity index (χ4v) is 2.90.